The molecule has 84 valence electrons. The first-order valence-electron chi connectivity index (χ1n) is 4.57. The number of alkyl halides is 1. The van der Waals surface area contributed by atoms with Gasteiger partial charge in [-0.1, -0.05) is 15.9 Å². The molecule has 5 nitrogen and oxygen atoms in total. The van der Waals surface area contributed by atoms with Gasteiger partial charge in [-0.3, -0.25) is 0 Å². The van der Waals surface area contributed by atoms with E-state index in [1.807, 2.05) is 0 Å². The Labute approximate surface area is 98.6 Å². The number of hydrogen-bond donors (Lipinski definition) is 0. The largest absolute Gasteiger partial charge is 0.368 e. The van der Waals surface area contributed by atoms with Gasteiger partial charge in [0.1, 0.15) is 6.67 Å². The van der Waals surface area contributed by atoms with Crippen molar-refractivity contribution in [3.8, 4) is 5.69 Å². The predicted octanol–water partition coefficient (Wildman–Crippen LogP) is 1.16. The van der Waals surface area contributed by atoms with Crippen LogP contribution < -0.4 is 5.69 Å². The third-order valence-electron chi connectivity index (χ3n) is 2.01. The minimum atomic E-state index is -0.640. The summed E-state index contributed by atoms with van der Waals surface area (Å²) in [7, 11) is 0. The van der Waals surface area contributed by atoms with E-state index >= 15 is 0 Å². The van der Waals surface area contributed by atoms with Gasteiger partial charge in [0.25, 0.3) is 0 Å². The number of aryl methyl sites for hydroxylation is 1. The second kappa shape index (κ2) is 4.56. The lowest BCUT2D eigenvalue weighted by Gasteiger charge is -1.97. The molecule has 0 unspecified atom stereocenters. The van der Waals surface area contributed by atoms with E-state index in [4.69, 9.17) is 0 Å². The van der Waals surface area contributed by atoms with Crippen LogP contribution in [0.25, 0.3) is 5.69 Å². The van der Waals surface area contributed by atoms with Crippen molar-refractivity contribution >= 4 is 15.9 Å². The van der Waals surface area contributed by atoms with Gasteiger partial charge in [-0.05, 0) is 34.7 Å². The predicted molar refractivity (Wildman–Crippen MR) is 59.3 cm³/mol. The molecule has 0 aliphatic heterocycles. The van der Waals surface area contributed by atoms with E-state index in [2.05, 4.69) is 26.4 Å². The Morgan fingerprint density at radius 1 is 1.25 bits per heavy atom. The summed E-state index contributed by atoms with van der Waals surface area (Å²) in [4.78, 5) is 11.7. The first kappa shape index (κ1) is 11.0. The molecule has 0 saturated heterocycles. The quantitative estimate of drug-likeness (QED) is 0.851. The molecule has 0 bridgehead atoms. The average molecular weight is 287 g/mol. The Bertz CT molecular complexity index is 533. The monoisotopic (exact) mass is 286 g/mol. The summed E-state index contributed by atoms with van der Waals surface area (Å²) in [5.74, 6) is 0. The zero-order valence-corrected chi connectivity index (χ0v) is 9.76. The van der Waals surface area contributed by atoms with Gasteiger partial charge >= 0.3 is 5.69 Å². The van der Waals surface area contributed by atoms with Crippen molar-refractivity contribution in [1.82, 2.24) is 19.8 Å². The normalized spacial score (nSPS) is 10.6. The molecule has 1 aromatic heterocycles. The van der Waals surface area contributed by atoms with Gasteiger partial charge in [0, 0.05) is 4.47 Å². The van der Waals surface area contributed by atoms with Gasteiger partial charge < -0.3 is 0 Å². The Hall–Kier alpha value is -1.50. The summed E-state index contributed by atoms with van der Waals surface area (Å²) in [5.41, 5.74) is 0.151. The van der Waals surface area contributed by atoms with E-state index in [1.165, 1.54) is 0 Å². The highest BCUT2D eigenvalue weighted by molar-refractivity contribution is 9.10. The topological polar surface area (TPSA) is 52.7 Å². The maximum Gasteiger partial charge on any atom is 0.368 e. The van der Waals surface area contributed by atoms with Crippen molar-refractivity contribution in [3.05, 3.63) is 39.2 Å². The number of hydrogen-bond acceptors (Lipinski definition) is 3. The van der Waals surface area contributed by atoms with Crippen LogP contribution in [0.2, 0.25) is 0 Å². The van der Waals surface area contributed by atoms with Crippen molar-refractivity contribution in [3.63, 3.8) is 0 Å². The van der Waals surface area contributed by atoms with E-state index < -0.39 is 12.4 Å². The molecule has 7 heteroatoms. The molecule has 1 aromatic carbocycles. The Morgan fingerprint density at radius 2 is 1.94 bits per heavy atom. The molecule has 0 N–H and O–H groups in total. The third kappa shape index (κ3) is 2.04. The molecule has 0 saturated carbocycles. The fourth-order valence-electron chi connectivity index (χ4n) is 1.24. The molecule has 0 aliphatic carbocycles. The van der Waals surface area contributed by atoms with Gasteiger partial charge in [-0.15, -0.1) is 0 Å². The van der Waals surface area contributed by atoms with Gasteiger partial charge in [0.15, 0.2) is 0 Å². The third-order valence-corrected chi connectivity index (χ3v) is 2.54. The van der Waals surface area contributed by atoms with Crippen LogP contribution in [-0.4, -0.2) is 26.5 Å². The van der Waals surface area contributed by atoms with Crippen LogP contribution in [0.15, 0.2) is 33.5 Å². The van der Waals surface area contributed by atoms with E-state index in [0.29, 0.717) is 5.69 Å². The number of rotatable bonds is 3. The first-order chi connectivity index (χ1) is 7.72. The minimum absolute atomic E-state index is 0.0740. The van der Waals surface area contributed by atoms with Crippen LogP contribution in [0.4, 0.5) is 4.39 Å². The molecule has 2 aromatic rings. The number of halogens is 2. The summed E-state index contributed by atoms with van der Waals surface area (Å²) in [6.07, 6.45) is 0. The Morgan fingerprint density at radius 3 is 2.56 bits per heavy atom. The summed E-state index contributed by atoms with van der Waals surface area (Å²) >= 11 is 3.29. The van der Waals surface area contributed by atoms with Gasteiger partial charge in [0.2, 0.25) is 0 Å². The molecule has 0 amide bonds. The molecule has 1 heterocycles. The van der Waals surface area contributed by atoms with Crippen LogP contribution in [0.1, 0.15) is 0 Å². The first-order valence-corrected chi connectivity index (χ1v) is 5.36. The lowest BCUT2D eigenvalue weighted by Crippen LogP contribution is -2.24. The minimum Gasteiger partial charge on any atom is -0.249 e. The van der Waals surface area contributed by atoms with Crippen molar-refractivity contribution in [2.24, 2.45) is 0 Å². The van der Waals surface area contributed by atoms with Gasteiger partial charge in [-0.2, -0.15) is 9.36 Å². The second-order valence-electron chi connectivity index (χ2n) is 3.06. The Kier molecular flexibility index (Phi) is 3.14. The highest BCUT2D eigenvalue weighted by Gasteiger charge is 2.07. The van der Waals surface area contributed by atoms with E-state index in [9.17, 15) is 9.18 Å². The summed E-state index contributed by atoms with van der Waals surface area (Å²) in [6, 6.07) is 7.02. The highest BCUT2D eigenvalue weighted by atomic mass is 79.9. The molecule has 2 rings (SSSR count). The SMILES string of the molecule is O=c1n(CCF)nnn1-c1ccc(Br)cc1. The average Bonchev–Trinajstić information content (AvgIpc) is 2.63. The number of aromatic nitrogens is 4. The zero-order chi connectivity index (χ0) is 11.5. The van der Waals surface area contributed by atoms with Crippen LogP contribution >= 0.6 is 15.9 Å². The summed E-state index contributed by atoms with van der Waals surface area (Å²) < 4.78 is 15.1. The molecular formula is C9H8BrFN4O. The smallest absolute Gasteiger partial charge is 0.249 e. The molecule has 0 aliphatic rings. The standard InChI is InChI=1S/C9H8BrFN4O/c10-7-1-3-8(4-2-7)15-9(16)14(6-5-11)12-13-15/h1-4H,5-6H2. The van der Waals surface area contributed by atoms with Gasteiger partial charge in [-0.25, -0.2) is 9.18 Å². The van der Waals surface area contributed by atoms with Crippen molar-refractivity contribution < 1.29 is 4.39 Å². The fourth-order valence-corrected chi connectivity index (χ4v) is 1.50. The second-order valence-corrected chi connectivity index (χ2v) is 3.98. The number of tetrazole rings is 1. The van der Waals surface area contributed by atoms with Crippen LogP contribution in [0.5, 0.6) is 0 Å². The highest BCUT2D eigenvalue weighted by Crippen LogP contribution is 2.11. The Balaban J connectivity index is 2.41. The zero-order valence-electron chi connectivity index (χ0n) is 8.18. The van der Waals surface area contributed by atoms with Crippen molar-refractivity contribution in [2.75, 3.05) is 6.67 Å². The molecule has 0 fully saturated rings. The number of nitrogens with zero attached hydrogens (tertiary/aromatic N) is 4. The lowest BCUT2D eigenvalue weighted by atomic mass is 10.3. The molecule has 0 radical (unpaired) electrons. The fraction of sp³-hybridized carbons (Fsp3) is 0.222. The molecule has 0 spiro atoms. The van der Waals surface area contributed by atoms with Crippen LogP contribution in [0, 0.1) is 0 Å². The molecular weight excluding hydrogens is 279 g/mol. The molecule has 16 heavy (non-hydrogen) atoms. The van der Waals surface area contributed by atoms with E-state index in [-0.39, 0.29) is 6.54 Å². The van der Waals surface area contributed by atoms with Crippen LogP contribution in [0.3, 0.4) is 0 Å². The maximum absolute atomic E-state index is 12.1. The summed E-state index contributed by atoms with van der Waals surface area (Å²) in [6.45, 7) is -0.714. The molecule has 0 atom stereocenters. The van der Waals surface area contributed by atoms with Crippen molar-refractivity contribution in [2.45, 2.75) is 6.54 Å². The van der Waals surface area contributed by atoms with E-state index in [1.54, 1.807) is 24.3 Å². The summed E-state index contributed by atoms with van der Waals surface area (Å²) in [5, 5.41) is 7.24. The van der Waals surface area contributed by atoms with Crippen LogP contribution in [-0.2, 0) is 6.54 Å². The maximum atomic E-state index is 12.1. The lowest BCUT2D eigenvalue weighted by molar-refractivity contribution is 0.416. The van der Waals surface area contributed by atoms with E-state index in [0.717, 1.165) is 13.8 Å². The number of benzene rings is 1. The van der Waals surface area contributed by atoms with Gasteiger partial charge in [0.05, 0.1) is 12.2 Å². The van der Waals surface area contributed by atoms with Crippen molar-refractivity contribution in [1.29, 1.82) is 0 Å².